The van der Waals surface area contributed by atoms with E-state index in [1.54, 1.807) is 0 Å². The Kier molecular flexibility index (Phi) is 5.51. The summed E-state index contributed by atoms with van der Waals surface area (Å²) in [4.78, 5) is 0. The molecule has 0 heterocycles. The Labute approximate surface area is 162 Å². The summed E-state index contributed by atoms with van der Waals surface area (Å²) < 4.78 is 6.26. The molecule has 0 aromatic heterocycles. The van der Waals surface area contributed by atoms with Crippen LogP contribution in [0.2, 0.25) is 0 Å². The third-order valence-corrected chi connectivity index (χ3v) is 5.71. The first-order valence-corrected chi connectivity index (χ1v) is 10.4. The van der Waals surface area contributed by atoms with Gasteiger partial charge in [0.05, 0.1) is 0 Å². The fourth-order valence-electron chi connectivity index (χ4n) is 3.33. The van der Waals surface area contributed by atoms with E-state index in [0.717, 1.165) is 17.6 Å². The lowest BCUT2D eigenvalue weighted by atomic mass is 10.0. The second-order valence-corrected chi connectivity index (χ2v) is 7.57. The molecule has 1 atom stereocenters. The van der Waals surface area contributed by atoms with Crippen LogP contribution < -0.4 is 9.83 Å². The van der Waals surface area contributed by atoms with Gasteiger partial charge < -0.3 is 4.52 Å². The molecule has 0 bridgehead atoms. The van der Waals surface area contributed by atoms with Crippen molar-refractivity contribution in [3.05, 3.63) is 90.5 Å². The summed E-state index contributed by atoms with van der Waals surface area (Å²) >= 11 is 0. The van der Waals surface area contributed by atoms with E-state index < -0.39 is 0 Å². The summed E-state index contributed by atoms with van der Waals surface area (Å²) in [5, 5.41) is 6.18. The van der Waals surface area contributed by atoms with E-state index in [4.69, 9.17) is 4.52 Å². The topological polar surface area (TPSA) is 9.23 Å². The summed E-state index contributed by atoms with van der Waals surface area (Å²) in [7, 11) is 0.274. The average Bonchev–Trinajstić information content (AvgIpc) is 2.73. The normalized spacial score (nSPS) is 11.9. The van der Waals surface area contributed by atoms with Crippen LogP contribution in [0.25, 0.3) is 27.6 Å². The molecule has 4 rings (SSSR count). The van der Waals surface area contributed by atoms with Gasteiger partial charge in [0.15, 0.2) is 0 Å². The van der Waals surface area contributed by atoms with Gasteiger partial charge in [0.1, 0.15) is 14.6 Å². The summed E-state index contributed by atoms with van der Waals surface area (Å²) in [6.07, 6.45) is 6.79. The number of fused-ring (bicyclic) bond motifs is 2. The number of benzene rings is 4. The van der Waals surface area contributed by atoms with Gasteiger partial charge >= 0.3 is 0 Å². The molecule has 2 heteroatoms. The minimum atomic E-state index is 0.274. The number of hydrogen-bond donors (Lipinski definition) is 0. The number of rotatable bonds is 6. The zero-order chi connectivity index (χ0) is 18.5. The molecule has 0 aliphatic heterocycles. The summed E-state index contributed by atoms with van der Waals surface area (Å²) in [5.74, 6) is 0.947. The summed E-state index contributed by atoms with van der Waals surface area (Å²) in [5.41, 5.74) is 1.28. The highest BCUT2D eigenvalue weighted by Gasteiger charge is 2.07. The first-order chi connectivity index (χ1) is 13.4. The number of allylic oxidation sites excluding steroid dienone is 1. The lowest BCUT2D eigenvalue weighted by Gasteiger charge is -2.12. The van der Waals surface area contributed by atoms with Crippen molar-refractivity contribution < 1.29 is 4.52 Å². The molecule has 1 unspecified atom stereocenters. The maximum absolute atomic E-state index is 6.26. The van der Waals surface area contributed by atoms with Crippen LogP contribution >= 0.6 is 8.81 Å². The van der Waals surface area contributed by atoms with Crippen LogP contribution in [0.1, 0.15) is 25.3 Å². The molecule has 27 heavy (non-hydrogen) atoms. The van der Waals surface area contributed by atoms with Crippen molar-refractivity contribution in [2.75, 3.05) is 0 Å². The first kappa shape index (κ1) is 17.8. The third kappa shape index (κ3) is 3.89. The van der Waals surface area contributed by atoms with Gasteiger partial charge in [0.2, 0.25) is 0 Å². The molecule has 1 nitrogen and oxygen atoms in total. The predicted octanol–water partition coefficient (Wildman–Crippen LogP) is 7.10. The molecule has 134 valence electrons. The largest absolute Gasteiger partial charge is 0.472 e. The third-order valence-electron chi connectivity index (χ3n) is 4.73. The average molecular weight is 370 g/mol. The van der Waals surface area contributed by atoms with Gasteiger partial charge in [-0.3, -0.25) is 0 Å². The van der Waals surface area contributed by atoms with Crippen molar-refractivity contribution in [3.63, 3.8) is 0 Å². The van der Waals surface area contributed by atoms with E-state index in [0.29, 0.717) is 0 Å². The molecule has 4 aromatic rings. The van der Waals surface area contributed by atoms with Crippen LogP contribution in [-0.2, 0) is 0 Å². The molecule has 0 aliphatic rings. The highest BCUT2D eigenvalue weighted by atomic mass is 31.1. The highest BCUT2D eigenvalue weighted by molar-refractivity contribution is 7.43. The Morgan fingerprint density at radius 1 is 0.778 bits per heavy atom. The van der Waals surface area contributed by atoms with Crippen LogP contribution in [0.3, 0.4) is 0 Å². The summed E-state index contributed by atoms with van der Waals surface area (Å²) in [6.45, 7) is 2.21. The summed E-state index contributed by atoms with van der Waals surface area (Å²) in [6, 6.07) is 27.6. The van der Waals surface area contributed by atoms with Crippen LogP contribution in [-0.4, -0.2) is 0 Å². The Bertz CT molecular complexity index is 1090. The minimum Gasteiger partial charge on any atom is -0.472 e. The second-order valence-electron chi connectivity index (χ2n) is 6.62. The zero-order valence-electron chi connectivity index (χ0n) is 15.5. The van der Waals surface area contributed by atoms with Crippen LogP contribution in [0, 0.1) is 0 Å². The molecule has 0 fully saturated rings. The zero-order valence-corrected chi connectivity index (χ0v) is 16.5. The van der Waals surface area contributed by atoms with E-state index in [9.17, 15) is 0 Å². The van der Waals surface area contributed by atoms with Gasteiger partial charge in [-0.2, -0.15) is 0 Å². The monoisotopic (exact) mass is 370 g/mol. The van der Waals surface area contributed by atoms with E-state index >= 15 is 0 Å². The van der Waals surface area contributed by atoms with Crippen LogP contribution in [0.4, 0.5) is 0 Å². The quantitative estimate of drug-likeness (QED) is 0.329. The van der Waals surface area contributed by atoms with E-state index in [-0.39, 0.29) is 8.81 Å². The maximum Gasteiger partial charge on any atom is 0.131 e. The van der Waals surface area contributed by atoms with E-state index in [1.165, 1.54) is 33.4 Å². The molecule has 0 radical (unpaired) electrons. The maximum atomic E-state index is 6.26. The standard InChI is InChI=1S/C25H23OP/c1-2-3-4-10-20-17-18-25(23-15-8-7-13-21(20)23)27-26-24-16-9-12-19-11-5-6-14-22(19)24/h4-18,27H,2-3H2,1H3. The van der Waals surface area contributed by atoms with Gasteiger partial charge in [-0.1, -0.05) is 98.3 Å². The van der Waals surface area contributed by atoms with Gasteiger partial charge in [0, 0.05) is 10.7 Å². The van der Waals surface area contributed by atoms with E-state index in [2.05, 4.69) is 97.9 Å². The lowest BCUT2D eigenvalue weighted by Crippen LogP contribution is -2.00. The van der Waals surface area contributed by atoms with Gasteiger partial charge in [-0.15, -0.1) is 0 Å². The minimum absolute atomic E-state index is 0.274. The number of unbranched alkanes of at least 4 members (excludes halogenated alkanes) is 1. The Morgan fingerprint density at radius 3 is 2.37 bits per heavy atom. The molecule has 0 amide bonds. The molecule has 0 N–H and O–H groups in total. The van der Waals surface area contributed by atoms with Gasteiger partial charge in [0.25, 0.3) is 0 Å². The van der Waals surface area contributed by atoms with Gasteiger partial charge in [-0.25, -0.2) is 0 Å². The lowest BCUT2D eigenvalue weighted by molar-refractivity contribution is 0.646. The van der Waals surface area contributed by atoms with Gasteiger partial charge in [-0.05, 0) is 34.2 Å². The Hall–Kier alpha value is -2.63. The van der Waals surface area contributed by atoms with Crippen molar-refractivity contribution >= 4 is 41.7 Å². The first-order valence-electron chi connectivity index (χ1n) is 9.46. The molecule has 0 aliphatic carbocycles. The van der Waals surface area contributed by atoms with Crippen LogP contribution in [0.5, 0.6) is 5.75 Å². The van der Waals surface area contributed by atoms with Crippen molar-refractivity contribution in [1.29, 1.82) is 0 Å². The van der Waals surface area contributed by atoms with Crippen LogP contribution in [0.15, 0.2) is 84.9 Å². The highest BCUT2D eigenvalue weighted by Crippen LogP contribution is 2.31. The van der Waals surface area contributed by atoms with Crippen molar-refractivity contribution in [2.45, 2.75) is 19.8 Å². The molecule has 0 spiro atoms. The number of hydrogen-bond acceptors (Lipinski definition) is 1. The fourth-order valence-corrected chi connectivity index (χ4v) is 4.21. The second kappa shape index (κ2) is 8.37. The van der Waals surface area contributed by atoms with Crippen molar-refractivity contribution in [3.8, 4) is 5.75 Å². The molecule has 4 aromatic carbocycles. The molecule has 0 saturated carbocycles. The molecular weight excluding hydrogens is 347 g/mol. The van der Waals surface area contributed by atoms with Crippen molar-refractivity contribution in [1.82, 2.24) is 0 Å². The fraction of sp³-hybridized carbons (Fsp3) is 0.120. The SMILES string of the molecule is CCCC=Cc1ccc(POc2cccc3ccccc23)c2ccccc12. The van der Waals surface area contributed by atoms with E-state index in [1.807, 2.05) is 0 Å². The molecular formula is C25H23OP. The molecule has 0 saturated heterocycles. The smallest absolute Gasteiger partial charge is 0.131 e. The predicted molar refractivity (Wildman–Crippen MR) is 120 cm³/mol. The Balaban J connectivity index is 1.65. The Morgan fingerprint density at radius 2 is 1.52 bits per heavy atom. The van der Waals surface area contributed by atoms with Crippen molar-refractivity contribution in [2.24, 2.45) is 0 Å².